The van der Waals surface area contributed by atoms with Crippen LogP contribution in [0.5, 0.6) is 5.75 Å². The number of hydrogen-bond acceptors (Lipinski definition) is 3. The molecule has 0 N–H and O–H groups in total. The highest BCUT2D eigenvalue weighted by Crippen LogP contribution is 2.35. The van der Waals surface area contributed by atoms with E-state index in [-0.39, 0.29) is 23.8 Å². The average Bonchev–Trinajstić information content (AvgIpc) is 3.36. The van der Waals surface area contributed by atoms with E-state index in [0.717, 1.165) is 36.3 Å². The summed E-state index contributed by atoms with van der Waals surface area (Å²) in [5, 5.41) is 0. The van der Waals surface area contributed by atoms with Crippen molar-refractivity contribution >= 4 is 11.8 Å². The van der Waals surface area contributed by atoms with Gasteiger partial charge in [-0.25, -0.2) is 0 Å². The quantitative estimate of drug-likeness (QED) is 0.779. The van der Waals surface area contributed by atoms with E-state index >= 15 is 0 Å². The molecule has 2 aliphatic rings. The van der Waals surface area contributed by atoms with Crippen molar-refractivity contribution in [1.82, 2.24) is 9.80 Å². The van der Waals surface area contributed by atoms with Crippen LogP contribution in [0.3, 0.4) is 0 Å². The Morgan fingerprint density at radius 3 is 2.52 bits per heavy atom. The lowest BCUT2D eigenvalue weighted by Crippen LogP contribution is -2.37. The molecule has 29 heavy (non-hydrogen) atoms. The smallest absolute Gasteiger partial charge is 0.228 e. The van der Waals surface area contributed by atoms with E-state index in [2.05, 4.69) is 31.2 Å². The number of ether oxygens (including phenoxy) is 1. The predicted molar refractivity (Wildman–Crippen MR) is 111 cm³/mol. The Morgan fingerprint density at radius 1 is 1.10 bits per heavy atom. The van der Waals surface area contributed by atoms with Crippen LogP contribution < -0.4 is 4.74 Å². The molecule has 4 rings (SSSR count). The fourth-order valence-electron chi connectivity index (χ4n) is 4.44. The number of rotatable bonds is 5. The zero-order valence-corrected chi connectivity index (χ0v) is 17.1. The average molecular weight is 392 g/mol. The van der Waals surface area contributed by atoms with Gasteiger partial charge in [-0.3, -0.25) is 9.59 Å². The third kappa shape index (κ3) is 4.14. The van der Waals surface area contributed by atoms with Crippen LogP contribution in [-0.4, -0.2) is 41.8 Å². The zero-order valence-electron chi connectivity index (χ0n) is 17.1. The number of likely N-dealkylation sites (tertiary alicyclic amines) is 2. The van der Waals surface area contributed by atoms with E-state index in [9.17, 15) is 9.59 Å². The summed E-state index contributed by atoms with van der Waals surface area (Å²) in [6.45, 7) is 3.90. The van der Waals surface area contributed by atoms with Crippen LogP contribution in [0.25, 0.3) is 0 Å². The van der Waals surface area contributed by atoms with Gasteiger partial charge in [-0.2, -0.15) is 0 Å². The van der Waals surface area contributed by atoms with Crippen molar-refractivity contribution in [3.05, 3.63) is 65.2 Å². The molecule has 2 fully saturated rings. The van der Waals surface area contributed by atoms with E-state index in [0.29, 0.717) is 19.5 Å². The Labute approximate surface area is 172 Å². The van der Waals surface area contributed by atoms with Gasteiger partial charge in [-0.05, 0) is 43.0 Å². The van der Waals surface area contributed by atoms with Gasteiger partial charge in [0.15, 0.2) is 0 Å². The molecular weight excluding hydrogens is 364 g/mol. The molecule has 2 aromatic rings. The fourth-order valence-corrected chi connectivity index (χ4v) is 4.44. The predicted octanol–water partition coefficient (Wildman–Crippen LogP) is 3.72. The monoisotopic (exact) mass is 392 g/mol. The van der Waals surface area contributed by atoms with E-state index in [1.165, 1.54) is 5.56 Å². The minimum absolute atomic E-state index is 0.0733. The first-order valence-electron chi connectivity index (χ1n) is 10.3. The molecule has 2 unspecified atom stereocenters. The van der Waals surface area contributed by atoms with Gasteiger partial charge in [0.1, 0.15) is 5.75 Å². The molecular formula is C24H28N2O3. The first kappa shape index (κ1) is 19.5. The number of aryl methyl sites for hydroxylation is 1. The lowest BCUT2D eigenvalue weighted by molar-refractivity contribution is -0.136. The fraction of sp³-hybridized carbons (Fsp3) is 0.417. The van der Waals surface area contributed by atoms with Gasteiger partial charge in [-0.15, -0.1) is 0 Å². The Bertz CT molecular complexity index is 876. The molecule has 0 bridgehead atoms. The van der Waals surface area contributed by atoms with Gasteiger partial charge >= 0.3 is 0 Å². The van der Waals surface area contributed by atoms with Gasteiger partial charge in [0.2, 0.25) is 11.8 Å². The molecule has 2 heterocycles. The molecule has 2 saturated heterocycles. The molecule has 0 aromatic heterocycles. The van der Waals surface area contributed by atoms with Crippen molar-refractivity contribution in [2.75, 3.05) is 20.2 Å². The standard InChI is InChI=1S/C24H28N2O3/c1-17-5-7-18(8-6-17)15-25-16-20(14-23(25)27)24(28)26-13-3-4-22(26)19-9-11-21(29-2)12-10-19/h5-12,20,22H,3-4,13-16H2,1-2H3. The first-order valence-corrected chi connectivity index (χ1v) is 10.3. The summed E-state index contributed by atoms with van der Waals surface area (Å²) < 4.78 is 5.24. The molecule has 5 nitrogen and oxygen atoms in total. The molecule has 2 aromatic carbocycles. The second-order valence-corrected chi connectivity index (χ2v) is 8.12. The van der Waals surface area contributed by atoms with Crippen LogP contribution in [0, 0.1) is 12.8 Å². The van der Waals surface area contributed by atoms with Crippen molar-refractivity contribution in [3.63, 3.8) is 0 Å². The second kappa shape index (κ2) is 8.27. The van der Waals surface area contributed by atoms with E-state index in [1.807, 2.05) is 34.1 Å². The molecule has 5 heteroatoms. The van der Waals surface area contributed by atoms with Crippen molar-refractivity contribution in [2.24, 2.45) is 5.92 Å². The van der Waals surface area contributed by atoms with Crippen molar-refractivity contribution < 1.29 is 14.3 Å². The highest BCUT2D eigenvalue weighted by molar-refractivity contribution is 5.89. The van der Waals surface area contributed by atoms with Crippen LogP contribution in [-0.2, 0) is 16.1 Å². The minimum atomic E-state index is -0.244. The van der Waals surface area contributed by atoms with Gasteiger partial charge in [0.25, 0.3) is 0 Å². The van der Waals surface area contributed by atoms with Crippen LogP contribution in [0.1, 0.15) is 42.0 Å². The molecule has 0 radical (unpaired) electrons. The second-order valence-electron chi connectivity index (χ2n) is 8.12. The van der Waals surface area contributed by atoms with Crippen molar-refractivity contribution in [3.8, 4) is 5.75 Å². The van der Waals surface area contributed by atoms with Gasteiger partial charge < -0.3 is 14.5 Å². The SMILES string of the molecule is COc1ccc(C2CCCN2C(=O)C2CC(=O)N(Cc3ccc(C)cc3)C2)cc1. The Balaban J connectivity index is 1.43. The summed E-state index contributed by atoms with van der Waals surface area (Å²) in [5.41, 5.74) is 3.44. The summed E-state index contributed by atoms with van der Waals surface area (Å²) in [4.78, 5) is 29.6. The number of nitrogens with zero attached hydrogens (tertiary/aromatic N) is 2. The number of carbonyl (C=O) groups excluding carboxylic acids is 2. The van der Waals surface area contributed by atoms with Crippen molar-refractivity contribution in [2.45, 2.75) is 38.8 Å². The minimum Gasteiger partial charge on any atom is -0.497 e. The van der Waals surface area contributed by atoms with Crippen LogP contribution in [0.2, 0.25) is 0 Å². The Morgan fingerprint density at radius 2 is 1.83 bits per heavy atom. The first-order chi connectivity index (χ1) is 14.0. The molecule has 0 saturated carbocycles. The molecule has 2 atom stereocenters. The molecule has 152 valence electrons. The highest BCUT2D eigenvalue weighted by atomic mass is 16.5. The summed E-state index contributed by atoms with van der Waals surface area (Å²) >= 11 is 0. The van der Waals surface area contributed by atoms with Crippen molar-refractivity contribution in [1.29, 1.82) is 0 Å². The Hall–Kier alpha value is -2.82. The third-order valence-corrected chi connectivity index (χ3v) is 6.09. The summed E-state index contributed by atoms with van der Waals surface area (Å²) in [5.74, 6) is 0.761. The van der Waals surface area contributed by atoms with Crippen LogP contribution in [0.4, 0.5) is 0 Å². The van der Waals surface area contributed by atoms with Crippen LogP contribution >= 0.6 is 0 Å². The normalized spacial score (nSPS) is 21.7. The topological polar surface area (TPSA) is 49.9 Å². The van der Waals surface area contributed by atoms with E-state index in [1.54, 1.807) is 7.11 Å². The van der Waals surface area contributed by atoms with Gasteiger partial charge in [0.05, 0.1) is 19.1 Å². The number of benzene rings is 2. The number of methoxy groups -OCH3 is 1. The van der Waals surface area contributed by atoms with E-state index < -0.39 is 0 Å². The molecule has 2 aliphatic heterocycles. The number of hydrogen-bond donors (Lipinski definition) is 0. The molecule has 0 aliphatic carbocycles. The van der Waals surface area contributed by atoms with Gasteiger partial charge in [0, 0.05) is 26.1 Å². The Kier molecular flexibility index (Phi) is 5.56. The lowest BCUT2D eigenvalue weighted by atomic mass is 10.0. The third-order valence-electron chi connectivity index (χ3n) is 6.09. The maximum Gasteiger partial charge on any atom is 0.228 e. The maximum absolute atomic E-state index is 13.3. The number of amides is 2. The molecule has 0 spiro atoms. The summed E-state index contributed by atoms with van der Waals surface area (Å²) in [6.07, 6.45) is 2.28. The summed E-state index contributed by atoms with van der Waals surface area (Å²) in [6, 6.07) is 16.3. The zero-order chi connectivity index (χ0) is 20.4. The maximum atomic E-state index is 13.3. The number of carbonyl (C=O) groups is 2. The largest absolute Gasteiger partial charge is 0.497 e. The lowest BCUT2D eigenvalue weighted by Gasteiger charge is -2.28. The van der Waals surface area contributed by atoms with Gasteiger partial charge in [-0.1, -0.05) is 42.0 Å². The summed E-state index contributed by atoms with van der Waals surface area (Å²) in [7, 11) is 1.65. The highest BCUT2D eigenvalue weighted by Gasteiger charge is 2.40. The van der Waals surface area contributed by atoms with E-state index in [4.69, 9.17) is 4.74 Å². The molecule has 2 amide bonds. The van der Waals surface area contributed by atoms with Crippen LogP contribution in [0.15, 0.2) is 48.5 Å².